The Bertz CT molecular complexity index is 928. The monoisotopic (exact) mass is 466 g/mol. The first kappa shape index (κ1) is 25.0. The zero-order valence-corrected chi connectivity index (χ0v) is 19.4. The van der Waals surface area contributed by atoms with Crippen molar-refractivity contribution in [1.29, 1.82) is 5.26 Å². The summed E-state index contributed by atoms with van der Waals surface area (Å²) in [5, 5.41) is 21.8. The lowest BCUT2D eigenvalue weighted by Gasteiger charge is -2.38. The first-order valence-electron chi connectivity index (χ1n) is 9.67. The van der Waals surface area contributed by atoms with E-state index in [-0.39, 0.29) is 43.4 Å². The van der Waals surface area contributed by atoms with Gasteiger partial charge < -0.3 is 19.5 Å². The van der Waals surface area contributed by atoms with Gasteiger partial charge >= 0.3 is 18.2 Å². The van der Waals surface area contributed by atoms with Crippen molar-refractivity contribution in [1.82, 2.24) is 14.9 Å². The molecule has 2 heterocycles. The lowest BCUT2D eigenvalue weighted by atomic mass is 10.2. The number of piperazine rings is 1. The number of thioether (sulfide) groups is 1. The predicted octanol–water partition coefficient (Wildman–Crippen LogP) is 2.30. The number of carbonyl (C=O) groups is 3. The standard InChI is InChI=1S/C19H26N6O6S/c1-11(26)30-10-13-14(22-17(27)31-19(2,3)4)15(23-16(21-13)32-5)24-6-7-25(18(28)29)12(8-20)9-24/h12H,6-7,9-10H2,1-5H3,(H,22,27)(H,28,29). The Kier molecular flexibility index (Phi) is 8.09. The van der Waals surface area contributed by atoms with E-state index < -0.39 is 29.8 Å². The van der Waals surface area contributed by atoms with Crippen molar-refractivity contribution < 1.29 is 29.0 Å². The highest BCUT2D eigenvalue weighted by atomic mass is 32.2. The third-order valence-corrected chi connectivity index (χ3v) is 4.79. The van der Waals surface area contributed by atoms with Crippen LogP contribution in [0.2, 0.25) is 0 Å². The topological polar surface area (TPSA) is 158 Å². The molecule has 2 N–H and O–H groups in total. The smallest absolute Gasteiger partial charge is 0.412 e. The maximum Gasteiger partial charge on any atom is 0.412 e. The largest absolute Gasteiger partial charge is 0.465 e. The lowest BCUT2D eigenvalue weighted by Crippen LogP contribution is -2.54. The van der Waals surface area contributed by atoms with Crippen molar-refractivity contribution in [2.75, 3.05) is 36.1 Å². The van der Waals surface area contributed by atoms with E-state index in [1.54, 1.807) is 31.9 Å². The summed E-state index contributed by atoms with van der Waals surface area (Å²) in [7, 11) is 0. The Morgan fingerprint density at radius 3 is 2.53 bits per heavy atom. The number of hydrogen-bond acceptors (Lipinski definition) is 10. The van der Waals surface area contributed by atoms with E-state index in [4.69, 9.17) is 9.47 Å². The van der Waals surface area contributed by atoms with E-state index in [1.165, 1.54) is 18.7 Å². The van der Waals surface area contributed by atoms with Crippen LogP contribution < -0.4 is 10.2 Å². The van der Waals surface area contributed by atoms with E-state index in [0.29, 0.717) is 5.16 Å². The predicted molar refractivity (Wildman–Crippen MR) is 115 cm³/mol. The van der Waals surface area contributed by atoms with Crippen LogP contribution in [0.4, 0.5) is 21.1 Å². The number of esters is 1. The number of nitrogens with one attached hydrogen (secondary N) is 1. The molecule has 1 aliphatic heterocycles. The molecule has 1 aromatic rings. The maximum absolute atomic E-state index is 12.5. The highest BCUT2D eigenvalue weighted by molar-refractivity contribution is 7.98. The third-order valence-electron chi connectivity index (χ3n) is 4.24. The second-order valence-electron chi connectivity index (χ2n) is 7.83. The maximum atomic E-state index is 12.5. The minimum absolute atomic E-state index is 0.0314. The Morgan fingerprint density at radius 1 is 1.31 bits per heavy atom. The fourth-order valence-corrected chi connectivity index (χ4v) is 3.29. The van der Waals surface area contributed by atoms with Crippen LogP contribution in [0.5, 0.6) is 0 Å². The van der Waals surface area contributed by atoms with Gasteiger partial charge in [-0.25, -0.2) is 19.6 Å². The molecule has 0 bridgehead atoms. The minimum atomic E-state index is -1.19. The van der Waals surface area contributed by atoms with Crippen LogP contribution in [0.3, 0.4) is 0 Å². The summed E-state index contributed by atoms with van der Waals surface area (Å²) in [6, 6.07) is 1.05. The van der Waals surface area contributed by atoms with E-state index in [1.807, 2.05) is 6.07 Å². The molecular formula is C19H26N6O6S. The van der Waals surface area contributed by atoms with Gasteiger partial charge in [0.05, 0.1) is 12.6 Å². The van der Waals surface area contributed by atoms with Gasteiger partial charge in [-0.15, -0.1) is 0 Å². The molecule has 0 radical (unpaired) electrons. The molecule has 1 aromatic heterocycles. The van der Waals surface area contributed by atoms with Crippen LogP contribution >= 0.6 is 11.8 Å². The number of carboxylic acid groups (broad SMARTS) is 1. The average molecular weight is 467 g/mol. The first-order chi connectivity index (χ1) is 14.9. The van der Waals surface area contributed by atoms with Gasteiger partial charge in [0, 0.05) is 20.0 Å². The van der Waals surface area contributed by atoms with Crippen molar-refractivity contribution in [2.45, 2.75) is 51.1 Å². The van der Waals surface area contributed by atoms with Crippen LogP contribution in [0.1, 0.15) is 33.4 Å². The molecule has 1 fully saturated rings. The van der Waals surface area contributed by atoms with Gasteiger partial charge in [-0.05, 0) is 27.0 Å². The molecular weight excluding hydrogens is 440 g/mol. The van der Waals surface area contributed by atoms with Crippen LogP contribution in [0.15, 0.2) is 5.16 Å². The Labute approximate surface area is 189 Å². The van der Waals surface area contributed by atoms with Crippen molar-refractivity contribution in [3.8, 4) is 6.07 Å². The SMILES string of the molecule is CSc1nc(COC(C)=O)c(NC(=O)OC(C)(C)C)c(N2CCN(C(=O)O)C(C#N)C2)n1. The fourth-order valence-electron chi connectivity index (χ4n) is 2.91. The molecule has 2 amide bonds. The number of hydrogen-bond donors (Lipinski definition) is 2. The second-order valence-corrected chi connectivity index (χ2v) is 8.60. The van der Waals surface area contributed by atoms with Crippen LogP contribution in [-0.2, 0) is 20.9 Å². The van der Waals surface area contributed by atoms with Gasteiger partial charge in [0.15, 0.2) is 11.0 Å². The van der Waals surface area contributed by atoms with Gasteiger partial charge in [0.1, 0.15) is 29.6 Å². The molecule has 1 atom stereocenters. The first-order valence-corrected chi connectivity index (χ1v) is 10.9. The number of anilines is 2. The van der Waals surface area contributed by atoms with E-state index >= 15 is 0 Å². The van der Waals surface area contributed by atoms with Gasteiger partial charge in [0.25, 0.3) is 0 Å². The molecule has 0 saturated carbocycles. The zero-order chi connectivity index (χ0) is 24.1. The molecule has 0 spiro atoms. The molecule has 174 valence electrons. The summed E-state index contributed by atoms with van der Waals surface area (Å²) in [6.45, 7) is 6.49. The normalized spacial score (nSPS) is 16.2. The molecule has 0 aliphatic carbocycles. The van der Waals surface area contributed by atoms with Crippen LogP contribution in [0, 0.1) is 11.3 Å². The number of carbonyl (C=O) groups excluding carboxylic acids is 2. The summed E-state index contributed by atoms with van der Waals surface area (Å²) in [6.07, 6.45) is -0.188. The molecule has 1 aliphatic rings. The molecule has 13 heteroatoms. The molecule has 12 nitrogen and oxygen atoms in total. The van der Waals surface area contributed by atoms with Crippen LogP contribution in [-0.4, -0.2) is 75.7 Å². The van der Waals surface area contributed by atoms with E-state index in [0.717, 1.165) is 4.90 Å². The third kappa shape index (κ3) is 6.61. The average Bonchev–Trinajstić information content (AvgIpc) is 2.70. The van der Waals surface area contributed by atoms with Crippen molar-refractivity contribution in [3.63, 3.8) is 0 Å². The van der Waals surface area contributed by atoms with Crippen molar-refractivity contribution in [3.05, 3.63) is 5.69 Å². The molecule has 2 rings (SSSR count). The summed E-state index contributed by atoms with van der Waals surface area (Å²) in [5.41, 5.74) is -0.354. The van der Waals surface area contributed by atoms with Gasteiger partial charge in [0.2, 0.25) is 0 Å². The lowest BCUT2D eigenvalue weighted by molar-refractivity contribution is -0.142. The Balaban J connectivity index is 2.50. The molecule has 1 saturated heterocycles. The molecule has 1 unspecified atom stereocenters. The number of nitriles is 1. The summed E-state index contributed by atoms with van der Waals surface area (Å²) in [5.74, 6) is -0.249. The van der Waals surface area contributed by atoms with Crippen molar-refractivity contribution in [2.24, 2.45) is 0 Å². The minimum Gasteiger partial charge on any atom is -0.465 e. The van der Waals surface area contributed by atoms with Crippen LogP contribution in [0.25, 0.3) is 0 Å². The van der Waals surface area contributed by atoms with Gasteiger partial charge in [-0.1, -0.05) is 11.8 Å². The summed E-state index contributed by atoms with van der Waals surface area (Å²) >= 11 is 1.24. The molecule has 32 heavy (non-hydrogen) atoms. The van der Waals surface area contributed by atoms with E-state index in [9.17, 15) is 24.8 Å². The number of ether oxygens (including phenoxy) is 2. The van der Waals surface area contributed by atoms with Gasteiger partial charge in [-0.3, -0.25) is 15.0 Å². The number of rotatable bonds is 5. The van der Waals surface area contributed by atoms with E-state index in [2.05, 4.69) is 15.3 Å². The second kappa shape index (κ2) is 10.4. The van der Waals surface area contributed by atoms with Gasteiger partial charge in [-0.2, -0.15) is 5.26 Å². The summed E-state index contributed by atoms with van der Waals surface area (Å²) in [4.78, 5) is 46.9. The zero-order valence-electron chi connectivity index (χ0n) is 18.5. The Morgan fingerprint density at radius 2 is 2.00 bits per heavy atom. The summed E-state index contributed by atoms with van der Waals surface area (Å²) < 4.78 is 10.4. The number of amides is 2. The molecule has 0 aromatic carbocycles. The number of aromatic nitrogens is 2. The number of nitrogens with zero attached hydrogens (tertiary/aromatic N) is 5. The highest BCUT2D eigenvalue weighted by Gasteiger charge is 2.33. The quantitative estimate of drug-likeness (QED) is 0.372. The Hall–Kier alpha value is -3.27. The fraction of sp³-hybridized carbons (Fsp3) is 0.579. The highest BCUT2D eigenvalue weighted by Crippen LogP contribution is 2.32. The van der Waals surface area contributed by atoms with Crippen molar-refractivity contribution >= 4 is 41.4 Å².